The third kappa shape index (κ3) is 4.31. The maximum Gasteiger partial charge on any atom is 0.241 e. The Kier molecular flexibility index (Phi) is 6.14. The Morgan fingerprint density at radius 1 is 1.22 bits per heavy atom. The van der Waals surface area contributed by atoms with E-state index in [0.717, 1.165) is 10.5 Å². The van der Waals surface area contributed by atoms with E-state index in [0.29, 0.717) is 17.7 Å². The van der Waals surface area contributed by atoms with Crippen molar-refractivity contribution in [2.24, 2.45) is 0 Å². The first-order valence-corrected chi connectivity index (χ1v) is 11.1. The minimum absolute atomic E-state index is 0.0570. The number of carbonyl (C=O) groups excluding carboxylic acids is 3. The molecule has 1 saturated heterocycles. The zero-order chi connectivity index (χ0) is 22.7. The standard InChI is InChI=1S/C24H22FN3O3S/c1-27(14-18-7-9-32-16-18)21(29)11-24(19-5-2-6-20(25)10-19)12-22(30)28(23(24)31)15-17-4-3-8-26-13-17/h2-10,13,16H,11-12,14-15H2,1H3/t24-/m0/s1. The summed E-state index contributed by atoms with van der Waals surface area (Å²) in [6.07, 6.45) is 2.79. The van der Waals surface area contributed by atoms with E-state index in [9.17, 15) is 18.8 Å². The highest BCUT2D eigenvalue weighted by Gasteiger charge is 2.54. The van der Waals surface area contributed by atoms with Gasteiger partial charge in [0.25, 0.3) is 0 Å². The van der Waals surface area contributed by atoms with Gasteiger partial charge in [-0.15, -0.1) is 0 Å². The van der Waals surface area contributed by atoms with Crippen LogP contribution in [0.2, 0.25) is 0 Å². The molecule has 0 bridgehead atoms. The molecule has 0 spiro atoms. The van der Waals surface area contributed by atoms with E-state index in [1.165, 1.54) is 34.4 Å². The molecule has 1 aliphatic heterocycles. The molecule has 6 nitrogen and oxygen atoms in total. The highest BCUT2D eigenvalue weighted by molar-refractivity contribution is 7.07. The summed E-state index contributed by atoms with van der Waals surface area (Å²) in [5.74, 6) is -1.69. The molecule has 1 aromatic carbocycles. The first kappa shape index (κ1) is 21.8. The van der Waals surface area contributed by atoms with E-state index in [4.69, 9.17) is 0 Å². The molecule has 1 atom stereocenters. The summed E-state index contributed by atoms with van der Waals surface area (Å²) in [7, 11) is 1.66. The van der Waals surface area contributed by atoms with E-state index >= 15 is 0 Å². The topological polar surface area (TPSA) is 70.6 Å². The minimum Gasteiger partial charge on any atom is -0.341 e. The number of nitrogens with zero attached hydrogens (tertiary/aromatic N) is 3. The molecule has 3 amide bonds. The molecule has 0 N–H and O–H groups in total. The first-order chi connectivity index (χ1) is 15.4. The van der Waals surface area contributed by atoms with Gasteiger partial charge >= 0.3 is 0 Å². The number of imide groups is 1. The Labute approximate surface area is 189 Å². The van der Waals surface area contributed by atoms with Crippen molar-refractivity contribution in [1.29, 1.82) is 0 Å². The van der Waals surface area contributed by atoms with Crippen LogP contribution in [0, 0.1) is 5.82 Å². The van der Waals surface area contributed by atoms with Gasteiger partial charge in [0.1, 0.15) is 5.82 Å². The van der Waals surface area contributed by atoms with Gasteiger partial charge in [-0.05, 0) is 51.7 Å². The molecule has 0 aliphatic carbocycles. The second-order valence-electron chi connectivity index (χ2n) is 7.97. The summed E-state index contributed by atoms with van der Waals surface area (Å²) in [5.41, 5.74) is 0.575. The van der Waals surface area contributed by atoms with Crippen LogP contribution in [-0.4, -0.2) is 39.6 Å². The van der Waals surface area contributed by atoms with Gasteiger partial charge in [0.05, 0.1) is 12.0 Å². The van der Waals surface area contributed by atoms with Crippen LogP contribution in [0.4, 0.5) is 4.39 Å². The number of thiophene rings is 1. The molecule has 0 radical (unpaired) electrons. The summed E-state index contributed by atoms with van der Waals surface area (Å²) in [6.45, 7) is 0.449. The third-order valence-electron chi connectivity index (χ3n) is 5.73. The predicted octanol–water partition coefficient (Wildman–Crippen LogP) is 3.53. The van der Waals surface area contributed by atoms with Crippen molar-refractivity contribution in [1.82, 2.24) is 14.8 Å². The summed E-state index contributed by atoms with van der Waals surface area (Å²) in [5, 5.41) is 3.88. The average molecular weight is 452 g/mol. The second kappa shape index (κ2) is 9.00. The molecule has 8 heteroatoms. The number of rotatable bonds is 7. The van der Waals surface area contributed by atoms with Gasteiger partial charge < -0.3 is 4.90 Å². The number of hydrogen-bond acceptors (Lipinski definition) is 5. The maximum atomic E-state index is 14.1. The van der Waals surface area contributed by atoms with Gasteiger partial charge in [-0.3, -0.25) is 24.3 Å². The van der Waals surface area contributed by atoms with Crippen LogP contribution in [0.5, 0.6) is 0 Å². The SMILES string of the molecule is CN(Cc1ccsc1)C(=O)C[C@@]1(c2cccc(F)c2)CC(=O)N(Cc2cccnc2)C1=O. The zero-order valence-corrected chi connectivity index (χ0v) is 18.3. The molecule has 3 heterocycles. The number of aromatic nitrogens is 1. The highest BCUT2D eigenvalue weighted by atomic mass is 32.1. The monoisotopic (exact) mass is 451 g/mol. The summed E-state index contributed by atoms with van der Waals surface area (Å²) >= 11 is 1.54. The molecule has 164 valence electrons. The number of benzene rings is 1. The van der Waals surface area contributed by atoms with Crippen LogP contribution < -0.4 is 0 Å². The molecule has 0 saturated carbocycles. The van der Waals surface area contributed by atoms with Crippen LogP contribution in [0.25, 0.3) is 0 Å². The van der Waals surface area contributed by atoms with E-state index in [1.807, 2.05) is 16.8 Å². The van der Waals surface area contributed by atoms with Gasteiger partial charge in [0, 0.05) is 38.8 Å². The fourth-order valence-corrected chi connectivity index (χ4v) is 4.68. The number of halogens is 1. The van der Waals surface area contributed by atoms with Gasteiger partial charge in [0.2, 0.25) is 17.7 Å². The highest BCUT2D eigenvalue weighted by Crippen LogP contribution is 2.41. The Morgan fingerprint density at radius 3 is 2.75 bits per heavy atom. The molecule has 32 heavy (non-hydrogen) atoms. The first-order valence-electron chi connectivity index (χ1n) is 10.1. The largest absolute Gasteiger partial charge is 0.341 e. The van der Waals surface area contributed by atoms with Crippen molar-refractivity contribution in [2.45, 2.75) is 31.3 Å². The lowest BCUT2D eigenvalue weighted by Gasteiger charge is -2.29. The number of pyridine rings is 1. The molecule has 0 unspecified atom stereocenters. The van der Waals surface area contributed by atoms with Gasteiger partial charge in [0.15, 0.2) is 0 Å². The Bertz CT molecular complexity index is 1140. The molecule has 3 aromatic rings. The summed E-state index contributed by atoms with van der Waals surface area (Å²) < 4.78 is 14.1. The second-order valence-corrected chi connectivity index (χ2v) is 8.75. The van der Waals surface area contributed by atoms with Crippen molar-refractivity contribution in [3.05, 3.63) is 88.1 Å². The summed E-state index contributed by atoms with van der Waals surface area (Å²) in [6, 6.07) is 11.0. The average Bonchev–Trinajstić information content (AvgIpc) is 3.37. The Hall–Kier alpha value is -3.39. The molecular formula is C24H22FN3O3S. The van der Waals surface area contributed by atoms with Crippen LogP contribution >= 0.6 is 11.3 Å². The Morgan fingerprint density at radius 2 is 2.06 bits per heavy atom. The van der Waals surface area contributed by atoms with Crippen molar-refractivity contribution in [3.8, 4) is 0 Å². The smallest absolute Gasteiger partial charge is 0.241 e. The Balaban J connectivity index is 1.65. The zero-order valence-electron chi connectivity index (χ0n) is 17.5. The van der Waals surface area contributed by atoms with Crippen molar-refractivity contribution in [3.63, 3.8) is 0 Å². The van der Waals surface area contributed by atoms with Crippen LogP contribution in [-0.2, 0) is 32.9 Å². The van der Waals surface area contributed by atoms with E-state index < -0.39 is 23.0 Å². The van der Waals surface area contributed by atoms with Crippen LogP contribution in [0.1, 0.15) is 29.5 Å². The maximum absolute atomic E-state index is 14.1. The van der Waals surface area contributed by atoms with E-state index in [2.05, 4.69) is 4.98 Å². The van der Waals surface area contributed by atoms with Gasteiger partial charge in [-0.25, -0.2) is 4.39 Å². The number of carbonyl (C=O) groups is 3. The fourth-order valence-electron chi connectivity index (χ4n) is 4.02. The van der Waals surface area contributed by atoms with Crippen molar-refractivity contribution in [2.75, 3.05) is 7.05 Å². The molecule has 2 aromatic heterocycles. The fraction of sp³-hybridized carbons (Fsp3) is 0.250. The normalized spacial score (nSPS) is 18.2. The summed E-state index contributed by atoms with van der Waals surface area (Å²) in [4.78, 5) is 46.4. The van der Waals surface area contributed by atoms with Crippen LogP contribution in [0.15, 0.2) is 65.6 Å². The van der Waals surface area contributed by atoms with E-state index in [1.54, 1.807) is 37.6 Å². The number of hydrogen-bond donors (Lipinski definition) is 0. The lowest BCUT2D eigenvalue weighted by molar-refractivity contribution is -0.143. The molecule has 1 fully saturated rings. The number of likely N-dealkylation sites (tertiary alicyclic amines) is 1. The molecular weight excluding hydrogens is 429 g/mol. The van der Waals surface area contributed by atoms with E-state index in [-0.39, 0.29) is 25.3 Å². The van der Waals surface area contributed by atoms with Crippen LogP contribution in [0.3, 0.4) is 0 Å². The van der Waals surface area contributed by atoms with Crippen molar-refractivity contribution >= 4 is 29.1 Å². The van der Waals surface area contributed by atoms with Crippen molar-refractivity contribution < 1.29 is 18.8 Å². The lowest BCUT2D eigenvalue weighted by atomic mass is 9.75. The third-order valence-corrected chi connectivity index (χ3v) is 6.46. The molecule has 1 aliphatic rings. The predicted molar refractivity (Wildman–Crippen MR) is 118 cm³/mol. The lowest BCUT2D eigenvalue weighted by Crippen LogP contribution is -2.42. The minimum atomic E-state index is -1.44. The van der Waals surface area contributed by atoms with Gasteiger partial charge in [-0.1, -0.05) is 18.2 Å². The number of amides is 3. The quantitative estimate of drug-likeness (QED) is 0.516. The molecule has 4 rings (SSSR count). The van der Waals surface area contributed by atoms with Gasteiger partial charge in [-0.2, -0.15) is 11.3 Å².